The third kappa shape index (κ3) is 5.42. The number of hydrogen-bond acceptors (Lipinski definition) is 5. The molecule has 0 amide bonds. The summed E-state index contributed by atoms with van der Waals surface area (Å²) in [6.07, 6.45) is 7.21. The molecule has 4 rings (SSSR count). The summed E-state index contributed by atoms with van der Waals surface area (Å²) < 4.78 is 5.42. The van der Waals surface area contributed by atoms with Crippen LogP contribution in [0.1, 0.15) is 25.5 Å². The van der Waals surface area contributed by atoms with E-state index >= 15 is 0 Å². The van der Waals surface area contributed by atoms with Crippen molar-refractivity contribution in [3.63, 3.8) is 0 Å². The third-order valence-corrected chi connectivity index (χ3v) is 4.61. The van der Waals surface area contributed by atoms with Gasteiger partial charge in [-0.25, -0.2) is 17.9 Å². The number of pyridine rings is 1. The number of hydrogen-bond donors (Lipinski definition) is 1. The molecule has 26 heavy (non-hydrogen) atoms. The fraction of sp³-hybridized carbons (Fsp3) is 0.579. The molecule has 2 aromatic rings. The van der Waals surface area contributed by atoms with Crippen molar-refractivity contribution in [3.8, 4) is 0 Å². The molecule has 0 bridgehead atoms. The molecular weight excluding hydrogens is 373 g/mol. The number of anilines is 1. The Morgan fingerprint density at radius 2 is 2.04 bits per heavy atom. The van der Waals surface area contributed by atoms with Crippen LogP contribution < -0.4 is 4.90 Å². The number of ether oxygens (including phenoxy) is 1. The summed E-state index contributed by atoms with van der Waals surface area (Å²) in [5.74, 6) is 0.930. The fourth-order valence-electron chi connectivity index (χ4n) is 3.10. The van der Waals surface area contributed by atoms with Crippen LogP contribution in [-0.2, 0) is 21.2 Å². The van der Waals surface area contributed by atoms with Crippen molar-refractivity contribution < 1.29 is 21.2 Å². The maximum Gasteiger partial charge on any atom is 3.00 e. The van der Waals surface area contributed by atoms with E-state index in [1.54, 1.807) is 0 Å². The van der Waals surface area contributed by atoms with E-state index in [2.05, 4.69) is 57.9 Å². The molecule has 0 saturated carbocycles. The van der Waals surface area contributed by atoms with Crippen molar-refractivity contribution >= 4 is 16.9 Å². The van der Waals surface area contributed by atoms with Crippen LogP contribution >= 0.6 is 0 Å². The summed E-state index contributed by atoms with van der Waals surface area (Å²) in [5.41, 5.74) is 1.74. The van der Waals surface area contributed by atoms with Gasteiger partial charge in [0.05, 0.1) is 18.9 Å². The van der Waals surface area contributed by atoms with Crippen LogP contribution in [0.2, 0.25) is 0 Å². The Hall–Kier alpha value is -1.17. The van der Waals surface area contributed by atoms with E-state index in [4.69, 9.17) is 4.74 Å². The minimum atomic E-state index is 0. The SMILES string of the molecule is CN1C[CH-]CC[CH-]C1.Cc1[nH]nc2nc(N3CCOC[C@H]3C)c[c-]c12.[Ni+3]. The van der Waals surface area contributed by atoms with Crippen LogP contribution in [0.15, 0.2) is 6.07 Å². The summed E-state index contributed by atoms with van der Waals surface area (Å²) >= 11 is 0. The summed E-state index contributed by atoms with van der Waals surface area (Å²) in [5, 5.41) is 8.07. The van der Waals surface area contributed by atoms with Gasteiger partial charge in [-0.15, -0.1) is 25.2 Å². The van der Waals surface area contributed by atoms with Crippen LogP contribution in [-0.4, -0.2) is 66.0 Å². The van der Waals surface area contributed by atoms with Crippen LogP contribution in [0.4, 0.5) is 5.82 Å². The quantitative estimate of drug-likeness (QED) is 0.588. The zero-order valence-electron chi connectivity index (χ0n) is 15.8. The summed E-state index contributed by atoms with van der Waals surface area (Å²) in [6, 6.07) is 5.53. The van der Waals surface area contributed by atoms with Gasteiger partial charge in [-0.1, -0.05) is 12.3 Å². The topological polar surface area (TPSA) is 57.3 Å². The predicted molar refractivity (Wildman–Crippen MR) is 100 cm³/mol. The number of rotatable bonds is 1. The van der Waals surface area contributed by atoms with E-state index in [0.717, 1.165) is 55.4 Å². The predicted octanol–water partition coefficient (Wildman–Crippen LogP) is 2.41. The van der Waals surface area contributed by atoms with Gasteiger partial charge in [0.25, 0.3) is 0 Å². The smallest absolute Gasteiger partial charge is 0.389 e. The molecule has 2 aliphatic heterocycles. The van der Waals surface area contributed by atoms with Crippen molar-refractivity contribution in [1.82, 2.24) is 20.1 Å². The summed E-state index contributed by atoms with van der Waals surface area (Å²) in [7, 11) is 2.15. The van der Waals surface area contributed by atoms with Crippen LogP contribution in [0.3, 0.4) is 0 Å². The number of aromatic nitrogens is 3. The Kier molecular flexibility index (Phi) is 8.33. The number of aromatic amines is 1. The first-order valence-electron chi connectivity index (χ1n) is 9.05. The molecule has 1 radical (unpaired) electrons. The monoisotopic (exact) mass is 400 g/mol. The molecule has 145 valence electrons. The Bertz CT molecular complexity index is 669. The molecule has 0 aromatic carbocycles. The van der Waals surface area contributed by atoms with Gasteiger partial charge in [-0.05, 0) is 19.7 Å². The van der Waals surface area contributed by atoms with E-state index in [-0.39, 0.29) is 16.5 Å². The van der Waals surface area contributed by atoms with Crippen molar-refractivity contribution in [2.45, 2.75) is 32.7 Å². The minimum absolute atomic E-state index is 0. The van der Waals surface area contributed by atoms with Crippen LogP contribution in [0, 0.1) is 25.8 Å². The molecule has 0 aliphatic carbocycles. The number of aryl methyl sites for hydroxylation is 1. The van der Waals surface area contributed by atoms with Crippen molar-refractivity contribution in [2.75, 3.05) is 44.8 Å². The second-order valence-electron chi connectivity index (χ2n) is 6.80. The second-order valence-corrected chi connectivity index (χ2v) is 6.80. The standard InChI is InChI=1S/C12H15N4O.C7H13N.Ni/c1-8-7-17-6-5-16(8)11-4-3-10-9(2)14-15-12(10)13-11;1-8-6-4-2-3-5-7-8;/h4,8H,5-7H2,1-2H3,(H,13,14,15);4-5H,2-3,6-7H2,1H3;/q-1;-2;+3/t8-;;/m1../s1. The van der Waals surface area contributed by atoms with Crippen molar-refractivity contribution in [3.05, 3.63) is 30.7 Å². The summed E-state index contributed by atoms with van der Waals surface area (Å²) in [4.78, 5) is 9.12. The van der Waals surface area contributed by atoms with Gasteiger partial charge in [0.15, 0.2) is 0 Å². The molecule has 0 spiro atoms. The molecule has 2 aromatic heterocycles. The molecule has 1 atom stereocenters. The van der Waals surface area contributed by atoms with Gasteiger partial charge in [-0.3, -0.25) is 0 Å². The van der Waals surface area contributed by atoms with Crippen LogP contribution in [0.5, 0.6) is 0 Å². The minimum Gasteiger partial charge on any atom is -0.389 e. The van der Waals surface area contributed by atoms with Crippen LogP contribution in [0.25, 0.3) is 11.0 Å². The zero-order chi connectivity index (χ0) is 17.6. The first-order chi connectivity index (χ1) is 12.1. The second kappa shape index (κ2) is 10.2. The van der Waals surface area contributed by atoms with E-state index in [1.807, 2.05) is 13.0 Å². The maximum absolute atomic E-state index is 5.42. The van der Waals surface area contributed by atoms with E-state index < -0.39 is 0 Å². The number of nitrogens with zero attached hydrogens (tertiary/aromatic N) is 4. The largest absolute Gasteiger partial charge is 3.00 e. The molecule has 2 fully saturated rings. The van der Waals surface area contributed by atoms with Gasteiger partial charge in [0, 0.05) is 18.4 Å². The Balaban J connectivity index is 0.000000230. The zero-order valence-corrected chi connectivity index (χ0v) is 16.8. The van der Waals surface area contributed by atoms with Gasteiger partial charge in [0.1, 0.15) is 0 Å². The van der Waals surface area contributed by atoms with E-state index in [9.17, 15) is 0 Å². The van der Waals surface area contributed by atoms with Gasteiger partial charge < -0.3 is 37.5 Å². The number of fused-ring (bicyclic) bond motifs is 1. The molecule has 0 unspecified atom stereocenters. The first-order valence-corrected chi connectivity index (χ1v) is 9.05. The molecule has 2 aliphatic rings. The molecular formula is C19H28N5NiO. The summed E-state index contributed by atoms with van der Waals surface area (Å²) in [6.45, 7) is 8.82. The van der Waals surface area contributed by atoms with Gasteiger partial charge >= 0.3 is 16.5 Å². The average molecular weight is 401 g/mol. The number of likely N-dealkylation sites (tertiary alicyclic amines) is 1. The molecule has 1 N–H and O–H groups in total. The first kappa shape index (κ1) is 21.1. The van der Waals surface area contributed by atoms with E-state index in [1.165, 1.54) is 12.8 Å². The van der Waals surface area contributed by atoms with E-state index in [0.29, 0.717) is 6.04 Å². The van der Waals surface area contributed by atoms with Crippen molar-refractivity contribution in [2.24, 2.45) is 0 Å². The number of H-pyrrole nitrogens is 1. The number of morpholine rings is 1. The molecule has 6 nitrogen and oxygen atoms in total. The Labute approximate surface area is 166 Å². The number of nitrogens with one attached hydrogen (secondary N) is 1. The Morgan fingerprint density at radius 3 is 2.73 bits per heavy atom. The molecule has 2 saturated heterocycles. The average Bonchev–Trinajstić information content (AvgIpc) is 2.82. The third-order valence-electron chi connectivity index (χ3n) is 4.61. The van der Waals surface area contributed by atoms with Crippen molar-refractivity contribution in [1.29, 1.82) is 0 Å². The van der Waals surface area contributed by atoms with Gasteiger partial charge in [0.2, 0.25) is 0 Å². The Morgan fingerprint density at radius 1 is 1.31 bits per heavy atom. The fourth-order valence-corrected chi connectivity index (χ4v) is 3.10. The van der Waals surface area contributed by atoms with Gasteiger partial charge in [-0.2, -0.15) is 0 Å². The molecule has 4 heterocycles. The maximum atomic E-state index is 5.42. The normalized spacial score (nSPS) is 21.5. The molecule has 7 heteroatoms.